The summed E-state index contributed by atoms with van der Waals surface area (Å²) in [7, 11) is -3.30. The van der Waals surface area contributed by atoms with E-state index in [0.717, 1.165) is 11.1 Å². The van der Waals surface area contributed by atoms with Crippen LogP contribution in [0.4, 0.5) is 0 Å². The van der Waals surface area contributed by atoms with Crippen molar-refractivity contribution in [1.82, 2.24) is 4.31 Å². The average molecular weight is 304 g/mol. The number of benzene rings is 1. The summed E-state index contributed by atoms with van der Waals surface area (Å²) in [4.78, 5) is 0. The van der Waals surface area contributed by atoms with Crippen molar-refractivity contribution in [1.29, 1.82) is 0 Å². The van der Waals surface area contributed by atoms with E-state index in [9.17, 15) is 8.42 Å². The van der Waals surface area contributed by atoms with Gasteiger partial charge in [0.15, 0.2) is 0 Å². The highest BCUT2D eigenvalue weighted by molar-refractivity contribution is 7.88. The van der Waals surface area contributed by atoms with Crippen LogP contribution in [0.3, 0.4) is 0 Å². The van der Waals surface area contributed by atoms with Gasteiger partial charge in [0.1, 0.15) is 0 Å². The second-order valence-corrected chi connectivity index (χ2v) is 6.93. The molecule has 1 heterocycles. The van der Waals surface area contributed by atoms with Crippen LogP contribution < -0.4 is 0 Å². The van der Waals surface area contributed by atoms with Crippen molar-refractivity contribution in [2.75, 3.05) is 19.8 Å². The van der Waals surface area contributed by atoms with Crippen molar-refractivity contribution in [2.45, 2.75) is 24.6 Å². The van der Waals surface area contributed by atoms with Gasteiger partial charge in [-0.3, -0.25) is 0 Å². The van der Waals surface area contributed by atoms with Crippen molar-refractivity contribution in [3.8, 4) is 0 Å². The number of ether oxygens (including phenoxy) is 1. The van der Waals surface area contributed by atoms with Crippen molar-refractivity contribution in [3.63, 3.8) is 0 Å². The lowest BCUT2D eigenvalue weighted by atomic mass is 10.2. The normalized spacial score (nSPS) is 21.5. The van der Waals surface area contributed by atoms with E-state index in [1.807, 2.05) is 31.2 Å². The van der Waals surface area contributed by atoms with Gasteiger partial charge >= 0.3 is 0 Å². The van der Waals surface area contributed by atoms with E-state index in [2.05, 4.69) is 0 Å². The predicted octanol–water partition coefficient (Wildman–Crippen LogP) is 1.98. The highest BCUT2D eigenvalue weighted by Gasteiger charge is 2.30. The molecule has 4 nitrogen and oxygen atoms in total. The molecule has 0 aliphatic carbocycles. The molecule has 106 valence electrons. The lowest BCUT2D eigenvalue weighted by Crippen LogP contribution is -2.47. The van der Waals surface area contributed by atoms with Crippen LogP contribution in [-0.4, -0.2) is 38.5 Å². The molecule has 1 fully saturated rings. The summed E-state index contributed by atoms with van der Waals surface area (Å²) in [6.45, 7) is 3.22. The number of rotatable bonds is 4. The van der Waals surface area contributed by atoms with Gasteiger partial charge in [0.25, 0.3) is 0 Å². The summed E-state index contributed by atoms with van der Waals surface area (Å²) >= 11 is 5.77. The minimum atomic E-state index is -3.30. The summed E-state index contributed by atoms with van der Waals surface area (Å²) in [5.41, 5.74) is 1.71. The Morgan fingerprint density at radius 3 is 2.84 bits per heavy atom. The zero-order chi connectivity index (χ0) is 13.9. The van der Waals surface area contributed by atoms with Crippen LogP contribution >= 0.6 is 11.6 Å². The predicted molar refractivity (Wildman–Crippen MR) is 75.6 cm³/mol. The third-order valence-electron chi connectivity index (χ3n) is 3.16. The van der Waals surface area contributed by atoms with E-state index in [4.69, 9.17) is 16.3 Å². The van der Waals surface area contributed by atoms with Crippen LogP contribution in [0.2, 0.25) is 0 Å². The Balaban J connectivity index is 2.15. The second kappa shape index (κ2) is 6.22. The van der Waals surface area contributed by atoms with Crippen LogP contribution in [-0.2, 0) is 26.4 Å². The quantitative estimate of drug-likeness (QED) is 0.799. The highest BCUT2D eigenvalue weighted by atomic mass is 35.5. The maximum absolute atomic E-state index is 12.4. The van der Waals surface area contributed by atoms with Crippen molar-refractivity contribution in [2.24, 2.45) is 0 Å². The van der Waals surface area contributed by atoms with Gasteiger partial charge in [-0.05, 0) is 18.1 Å². The van der Waals surface area contributed by atoms with Crippen LogP contribution in [0.1, 0.15) is 18.1 Å². The lowest BCUT2D eigenvalue weighted by Gasteiger charge is -2.32. The van der Waals surface area contributed by atoms with Gasteiger partial charge in [0.05, 0.1) is 19.0 Å². The standard InChI is InChI=1S/C13H18ClNO3S/c1-11-9-18-6-5-15(11)19(16,17)10-13-4-2-3-12(7-13)8-14/h2-4,7,11H,5-6,8-10H2,1H3. The first-order valence-electron chi connectivity index (χ1n) is 6.24. The summed E-state index contributed by atoms with van der Waals surface area (Å²) in [6, 6.07) is 7.29. The van der Waals surface area contributed by atoms with E-state index in [1.54, 1.807) is 0 Å². The van der Waals surface area contributed by atoms with Gasteiger partial charge in [-0.1, -0.05) is 24.3 Å². The second-order valence-electron chi connectivity index (χ2n) is 4.74. The van der Waals surface area contributed by atoms with E-state index in [-0.39, 0.29) is 11.8 Å². The Kier molecular flexibility index (Phi) is 4.84. The van der Waals surface area contributed by atoms with Gasteiger partial charge in [-0.2, -0.15) is 4.31 Å². The number of morpholine rings is 1. The average Bonchev–Trinajstić information content (AvgIpc) is 2.38. The molecule has 1 aliphatic rings. The molecule has 0 aromatic heterocycles. The largest absolute Gasteiger partial charge is 0.378 e. The molecular formula is C13H18ClNO3S. The molecular weight excluding hydrogens is 286 g/mol. The fourth-order valence-electron chi connectivity index (χ4n) is 2.22. The van der Waals surface area contributed by atoms with Gasteiger partial charge in [0, 0.05) is 18.5 Å². The van der Waals surface area contributed by atoms with Crippen molar-refractivity contribution in [3.05, 3.63) is 35.4 Å². The summed E-state index contributed by atoms with van der Waals surface area (Å²) in [5, 5.41) is 0. The maximum atomic E-state index is 12.4. The Labute approximate surface area is 119 Å². The Bertz CT molecular complexity index is 532. The topological polar surface area (TPSA) is 46.6 Å². The van der Waals surface area contributed by atoms with Crippen molar-refractivity contribution >= 4 is 21.6 Å². The SMILES string of the molecule is CC1COCCN1S(=O)(=O)Cc1cccc(CCl)c1. The van der Waals surface area contributed by atoms with Gasteiger partial charge < -0.3 is 4.74 Å². The van der Waals surface area contributed by atoms with Gasteiger partial charge in [0.2, 0.25) is 10.0 Å². The molecule has 1 saturated heterocycles. The molecule has 1 aromatic rings. The smallest absolute Gasteiger partial charge is 0.218 e. The Morgan fingerprint density at radius 1 is 1.42 bits per heavy atom. The monoisotopic (exact) mass is 303 g/mol. The molecule has 1 aliphatic heterocycles. The Hall–Kier alpha value is -0.620. The molecule has 0 bridgehead atoms. The highest BCUT2D eigenvalue weighted by Crippen LogP contribution is 2.18. The third-order valence-corrected chi connectivity index (χ3v) is 5.42. The summed E-state index contributed by atoms with van der Waals surface area (Å²) in [6.07, 6.45) is 0. The molecule has 2 rings (SSSR count). The first-order valence-corrected chi connectivity index (χ1v) is 8.38. The third kappa shape index (κ3) is 3.69. The first kappa shape index (κ1) is 14.8. The van der Waals surface area contributed by atoms with E-state index < -0.39 is 10.0 Å². The summed E-state index contributed by atoms with van der Waals surface area (Å²) < 4.78 is 31.6. The molecule has 1 atom stereocenters. The maximum Gasteiger partial charge on any atom is 0.218 e. The lowest BCUT2D eigenvalue weighted by molar-refractivity contribution is 0.0392. The number of halogens is 1. The van der Waals surface area contributed by atoms with Crippen LogP contribution in [0.25, 0.3) is 0 Å². The number of hydrogen-bond acceptors (Lipinski definition) is 3. The number of hydrogen-bond donors (Lipinski definition) is 0. The molecule has 1 aromatic carbocycles. The van der Waals surface area contributed by atoms with Crippen LogP contribution in [0, 0.1) is 0 Å². The zero-order valence-electron chi connectivity index (χ0n) is 10.9. The molecule has 0 amide bonds. The fourth-order valence-corrected chi connectivity index (χ4v) is 4.12. The molecule has 0 saturated carbocycles. The molecule has 1 unspecified atom stereocenters. The number of alkyl halides is 1. The first-order chi connectivity index (χ1) is 9.03. The Morgan fingerprint density at radius 2 is 2.16 bits per heavy atom. The fraction of sp³-hybridized carbons (Fsp3) is 0.538. The van der Waals surface area contributed by atoms with E-state index in [0.29, 0.717) is 25.6 Å². The van der Waals surface area contributed by atoms with E-state index in [1.165, 1.54) is 4.31 Å². The van der Waals surface area contributed by atoms with Crippen molar-refractivity contribution < 1.29 is 13.2 Å². The van der Waals surface area contributed by atoms with E-state index >= 15 is 0 Å². The molecule has 0 N–H and O–H groups in total. The molecule has 19 heavy (non-hydrogen) atoms. The molecule has 0 radical (unpaired) electrons. The van der Waals surface area contributed by atoms with Crippen LogP contribution in [0.5, 0.6) is 0 Å². The molecule has 0 spiro atoms. The minimum Gasteiger partial charge on any atom is -0.378 e. The number of nitrogens with zero attached hydrogens (tertiary/aromatic N) is 1. The van der Waals surface area contributed by atoms with Crippen LogP contribution in [0.15, 0.2) is 24.3 Å². The molecule has 6 heteroatoms. The minimum absolute atomic E-state index is 0.0159. The number of sulfonamides is 1. The van der Waals surface area contributed by atoms with Gasteiger partial charge in [-0.25, -0.2) is 8.42 Å². The summed E-state index contributed by atoms with van der Waals surface area (Å²) in [5.74, 6) is 0.407. The zero-order valence-corrected chi connectivity index (χ0v) is 12.5. The van der Waals surface area contributed by atoms with Gasteiger partial charge in [-0.15, -0.1) is 11.6 Å².